The molecule has 2 amide bonds. The number of hydrogen-bond acceptors (Lipinski definition) is 8. The van der Waals surface area contributed by atoms with Gasteiger partial charge in [-0.2, -0.15) is 10.4 Å². The van der Waals surface area contributed by atoms with Crippen molar-refractivity contribution in [3.63, 3.8) is 0 Å². The molecule has 1 fully saturated rings. The number of carbonyl (C=O) groups is 2. The molecular formula is C29H30FN7O4. The van der Waals surface area contributed by atoms with Crippen molar-refractivity contribution < 1.29 is 23.5 Å². The van der Waals surface area contributed by atoms with Crippen LogP contribution in [-0.4, -0.2) is 73.9 Å². The first-order chi connectivity index (χ1) is 19.6. The lowest BCUT2D eigenvalue weighted by atomic mass is 10.0. The lowest BCUT2D eigenvalue weighted by Gasteiger charge is -2.33. The minimum Gasteiger partial charge on any atom is -0.472 e. The van der Waals surface area contributed by atoms with E-state index in [9.17, 15) is 24.3 Å². The van der Waals surface area contributed by atoms with Crippen LogP contribution in [0.2, 0.25) is 0 Å². The number of piperidine rings is 1. The predicted octanol–water partition coefficient (Wildman–Crippen LogP) is 3.42. The highest BCUT2D eigenvalue weighted by molar-refractivity contribution is 6.00. The van der Waals surface area contributed by atoms with Gasteiger partial charge in [0, 0.05) is 25.3 Å². The molecule has 12 heteroatoms. The van der Waals surface area contributed by atoms with E-state index < -0.39 is 17.7 Å². The van der Waals surface area contributed by atoms with Gasteiger partial charge in [0.05, 0.1) is 63.9 Å². The fraction of sp³-hybridized carbons (Fsp3) is 0.345. The smallest absolute Gasteiger partial charge is 0.257 e. The van der Waals surface area contributed by atoms with Gasteiger partial charge in [-0.3, -0.25) is 14.6 Å². The predicted molar refractivity (Wildman–Crippen MR) is 148 cm³/mol. The third-order valence-corrected chi connectivity index (χ3v) is 7.16. The number of aliphatic hydroxyl groups is 1. The van der Waals surface area contributed by atoms with Crippen LogP contribution in [0.1, 0.15) is 53.0 Å². The van der Waals surface area contributed by atoms with E-state index in [1.165, 1.54) is 38.8 Å². The standard InChI is InChI=1S/C29H30FN7O4/c1-29(2,40)26(30)16-33-27(38)22-15-32-24(25-4-3-21-11-18(13-31)14-34-37(21)25)12-23(22)35-20-5-8-36(9-6-20)28(39)19-7-10-41-17-19/h3-4,7,10-12,14-15,17,20,26,40H,5-6,8-9,16H2,1-2H3,(H,32,35)(H,33,38). The molecule has 4 aromatic heterocycles. The molecule has 3 N–H and O–H groups in total. The number of halogens is 1. The van der Waals surface area contributed by atoms with E-state index in [-0.39, 0.29) is 24.1 Å². The molecule has 0 spiro atoms. The number of carbonyl (C=O) groups excluding carboxylic acids is 2. The number of rotatable bonds is 8. The summed E-state index contributed by atoms with van der Waals surface area (Å²) >= 11 is 0. The normalized spacial score (nSPS) is 15.0. The molecule has 4 aromatic rings. The Morgan fingerprint density at radius 1 is 1.24 bits per heavy atom. The third kappa shape index (κ3) is 6.05. The summed E-state index contributed by atoms with van der Waals surface area (Å²) in [5, 5.41) is 29.4. The molecule has 0 saturated carbocycles. The third-order valence-electron chi connectivity index (χ3n) is 7.16. The van der Waals surface area contributed by atoms with Crippen LogP contribution in [0.5, 0.6) is 0 Å². The second kappa shape index (κ2) is 11.4. The van der Waals surface area contributed by atoms with E-state index in [1.54, 1.807) is 27.6 Å². The second-order valence-electron chi connectivity index (χ2n) is 10.6. The molecule has 11 nitrogen and oxygen atoms in total. The van der Waals surface area contributed by atoms with Crippen molar-refractivity contribution in [3.05, 3.63) is 71.9 Å². The van der Waals surface area contributed by atoms with Gasteiger partial charge >= 0.3 is 0 Å². The lowest BCUT2D eigenvalue weighted by molar-refractivity contribution is -0.00178. The number of pyridine rings is 1. The molecule has 41 heavy (non-hydrogen) atoms. The average molecular weight is 560 g/mol. The van der Waals surface area contributed by atoms with Crippen molar-refractivity contribution in [3.8, 4) is 17.5 Å². The van der Waals surface area contributed by atoms with Crippen LogP contribution in [0.25, 0.3) is 16.9 Å². The minimum absolute atomic E-state index is 0.0455. The fourth-order valence-corrected chi connectivity index (χ4v) is 4.69. The van der Waals surface area contributed by atoms with E-state index in [1.807, 2.05) is 12.1 Å². The second-order valence-corrected chi connectivity index (χ2v) is 10.6. The number of nitrogens with one attached hydrogen (secondary N) is 2. The Balaban J connectivity index is 1.39. The Labute approximate surface area is 235 Å². The molecule has 0 bridgehead atoms. The van der Waals surface area contributed by atoms with Crippen LogP contribution in [0, 0.1) is 11.3 Å². The van der Waals surface area contributed by atoms with Crippen LogP contribution in [-0.2, 0) is 0 Å². The molecule has 0 radical (unpaired) electrons. The van der Waals surface area contributed by atoms with Crippen molar-refractivity contribution in [2.75, 3.05) is 25.0 Å². The summed E-state index contributed by atoms with van der Waals surface area (Å²) < 4.78 is 21.0. The Morgan fingerprint density at radius 2 is 2.02 bits per heavy atom. The molecular weight excluding hydrogens is 529 g/mol. The highest BCUT2D eigenvalue weighted by Gasteiger charge is 2.28. The van der Waals surface area contributed by atoms with Gasteiger partial charge in [0.25, 0.3) is 11.8 Å². The quantitative estimate of drug-likeness (QED) is 0.297. The van der Waals surface area contributed by atoms with Crippen LogP contribution in [0.4, 0.5) is 10.1 Å². The SMILES string of the molecule is CC(C)(O)C(F)CNC(=O)c1cnc(-c2ccc3cc(C#N)cnn23)cc1NC1CCN(C(=O)c2ccoc2)CC1. The van der Waals surface area contributed by atoms with Crippen LogP contribution < -0.4 is 10.6 Å². The molecule has 1 aliphatic rings. The highest BCUT2D eigenvalue weighted by atomic mass is 19.1. The number of likely N-dealkylation sites (tertiary alicyclic amines) is 1. The fourth-order valence-electron chi connectivity index (χ4n) is 4.69. The van der Waals surface area contributed by atoms with E-state index in [4.69, 9.17) is 4.42 Å². The van der Waals surface area contributed by atoms with Gasteiger partial charge in [-0.25, -0.2) is 8.91 Å². The number of hydrogen-bond donors (Lipinski definition) is 3. The van der Waals surface area contributed by atoms with Gasteiger partial charge in [-0.15, -0.1) is 0 Å². The maximum absolute atomic E-state index is 14.4. The van der Waals surface area contributed by atoms with Crippen molar-refractivity contribution in [1.82, 2.24) is 24.8 Å². The number of fused-ring (bicyclic) bond motifs is 1. The molecule has 1 aliphatic heterocycles. The number of aromatic nitrogens is 3. The van der Waals surface area contributed by atoms with Crippen molar-refractivity contribution >= 4 is 23.0 Å². The molecule has 0 aromatic carbocycles. The summed E-state index contributed by atoms with van der Waals surface area (Å²) in [6.07, 6.45) is 5.39. The first-order valence-electron chi connectivity index (χ1n) is 13.2. The summed E-state index contributed by atoms with van der Waals surface area (Å²) in [6, 6.07) is 10.8. The summed E-state index contributed by atoms with van der Waals surface area (Å²) in [6.45, 7) is 3.35. The number of amides is 2. The van der Waals surface area contributed by atoms with Gasteiger partial charge in [-0.05, 0) is 57.0 Å². The molecule has 1 atom stereocenters. The monoisotopic (exact) mass is 559 g/mol. The van der Waals surface area contributed by atoms with Gasteiger partial charge in [0.15, 0.2) is 0 Å². The summed E-state index contributed by atoms with van der Waals surface area (Å²) in [7, 11) is 0. The summed E-state index contributed by atoms with van der Waals surface area (Å²) in [5.74, 6) is -0.633. The maximum atomic E-state index is 14.4. The van der Waals surface area contributed by atoms with Gasteiger partial charge in [0.2, 0.25) is 0 Å². The summed E-state index contributed by atoms with van der Waals surface area (Å²) in [5.41, 5.74) is 1.95. The van der Waals surface area contributed by atoms with Crippen LogP contribution in [0.3, 0.4) is 0 Å². The average Bonchev–Trinajstić information content (AvgIpc) is 3.65. The molecule has 212 valence electrons. The number of alkyl halides is 1. The van der Waals surface area contributed by atoms with E-state index in [0.29, 0.717) is 59.7 Å². The first kappa shape index (κ1) is 27.8. The Kier molecular flexibility index (Phi) is 7.72. The highest BCUT2D eigenvalue weighted by Crippen LogP contribution is 2.28. The zero-order chi connectivity index (χ0) is 29.1. The van der Waals surface area contributed by atoms with Crippen molar-refractivity contribution in [2.24, 2.45) is 0 Å². The van der Waals surface area contributed by atoms with Crippen LogP contribution in [0.15, 0.2) is 59.7 Å². The largest absolute Gasteiger partial charge is 0.472 e. The molecule has 5 heterocycles. The van der Waals surface area contributed by atoms with Gasteiger partial charge in [0.1, 0.15) is 18.5 Å². The number of nitriles is 1. The number of furan rings is 1. The zero-order valence-electron chi connectivity index (χ0n) is 22.7. The Hall–Kier alpha value is -4.76. The molecule has 1 unspecified atom stereocenters. The molecule has 0 aliphatic carbocycles. The number of anilines is 1. The van der Waals surface area contributed by atoms with E-state index >= 15 is 0 Å². The molecule has 5 rings (SSSR count). The number of nitrogens with zero attached hydrogens (tertiary/aromatic N) is 5. The Morgan fingerprint density at radius 3 is 2.71 bits per heavy atom. The van der Waals surface area contributed by atoms with Crippen LogP contribution >= 0.6 is 0 Å². The topological polar surface area (TPSA) is 149 Å². The molecule has 1 saturated heterocycles. The zero-order valence-corrected chi connectivity index (χ0v) is 22.7. The first-order valence-corrected chi connectivity index (χ1v) is 13.2. The van der Waals surface area contributed by atoms with Crippen molar-refractivity contribution in [2.45, 2.75) is 44.5 Å². The van der Waals surface area contributed by atoms with Crippen molar-refractivity contribution in [1.29, 1.82) is 5.26 Å². The van der Waals surface area contributed by atoms with E-state index in [0.717, 1.165) is 0 Å². The lowest BCUT2D eigenvalue weighted by Crippen LogP contribution is -2.43. The minimum atomic E-state index is -1.66. The summed E-state index contributed by atoms with van der Waals surface area (Å²) in [4.78, 5) is 32.1. The van der Waals surface area contributed by atoms with Gasteiger partial charge in [-0.1, -0.05) is 0 Å². The van der Waals surface area contributed by atoms with E-state index in [2.05, 4.69) is 26.8 Å². The Bertz CT molecular complexity index is 1600. The van der Waals surface area contributed by atoms with Gasteiger partial charge < -0.3 is 25.1 Å². The maximum Gasteiger partial charge on any atom is 0.257 e.